The molecule has 4 nitrogen and oxygen atoms in total. The van der Waals surface area contributed by atoms with Gasteiger partial charge < -0.3 is 10.6 Å². The quantitative estimate of drug-likeness (QED) is 0.821. The van der Waals surface area contributed by atoms with E-state index in [9.17, 15) is 14.0 Å². The molecule has 0 aliphatic carbocycles. The van der Waals surface area contributed by atoms with Crippen LogP contribution < -0.4 is 10.6 Å². The number of hydrogen-bond donors (Lipinski definition) is 2. The van der Waals surface area contributed by atoms with Gasteiger partial charge in [0.1, 0.15) is 5.82 Å². The van der Waals surface area contributed by atoms with Gasteiger partial charge >= 0.3 is 0 Å². The highest BCUT2D eigenvalue weighted by Gasteiger charge is 2.11. The lowest BCUT2D eigenvalue weighted by Crippen LogP contribution is -2.14. The van der Waals surface area contributed by atoms with Crippen molar-refractivity contribution in [2.75, 3.05) is 10.6 Å². The van der Waals surface area contributed by atoms with E-state index in [1.54, 1.807) is 24.3 Å². The first kappa shape index (κ1) is 17.9. The zero-order valence-electron chi connectivity index (χ0n) is 13.4. The van der Waals surface area contributed by atoms with Crippen molar-refractivity contribution >= 4 is 34.8 Å². The number of amides is 2. The van der Waals surface area contributed by atoms with E-state index in [-0.39, 0.29) is 22.4 Å². The Bertz CT molecular complexity index is 745. The van der Waals surface area contributed by atoms with Crippen LogP contribution in [0.1, 0.15) is 30.6 Å². The van der Waals surface area contributed by atoms with Crippen LogP contribution >= 0.6 is 11.6 Å². The molecule has 2 amide bonds. The molecular weight excluding hydrogens is 331 g/mol. The van der Waals surface area contributed by atoms with Crippen LogP contribution in [0.2, 0.25) is 5.02 Å². The summed E-state index contributed by atoms with van der Waals surface area (Å²) in [4.78, 5) is 23.9. The molecule has 0 radical (unpaired) electrons. The molecule has 0 saturated carbocycles. The molecule has 0 bridgehead atoms. The average molecular weight is 349 g/mol. The van der Waals surface area contributed by atoms with Gasteiger partial charge in [-0.15, -0.1) is 0 Å². The van der Waals surface area contributed by atoms with E-state index < -0.39 is 11.7 Å². The van der Waals surface area contributed by atoms with Crippen LogP contribution in [-0.4, -0.2) is 11.8 Å². The van der Waals surface area contributed by atoms with Crippen LogP contribution in [0.25, 0.3) is 0 Å². The van der Waals surface area contributed by atoms with Crippen LogP contribution in [0.3, 0.4) is 0 Å². The van der Waals surface area contributed by atoms with Crippen molar-refractivity contribution in [3.63, 3.8) is 0 Å². The van der Waals surface area contributed by atoms with E-state index in [1.165, 1.54) is 12.1 Å². The first-order valence-corrected chi connectivity index (χ1v) is 7.89. The Hall–Kier alpha value is -2.40. The Balaban J connectivity index is 2.01. The van der Waals surface area contributed by atoms with Gasteiger partial charge in [-0.3, -0.25) is 9.59 Å². The van der Waals surface area contributed by atoms with Crippen molar-refractivity contribution in [2.45, 2.75) is 20.3 Å². The van der Waals surface area contributed by atoms with Crippen molar-refractivity contribution in [3.05, 3.63) is 58.9 Å². The molecule has 126 valence electrons. The SMILES string of the molecule is CC(C)CC(=O)Nc1ccc(NC(=O)c2ccc(F)cc2Cl)cc1. The third-order valence-electron chi connectivity index (χ3n) is 3.20. The maximum Gasteiger partial charge on any atom is 0.257 e. The summed E-state index contributed by atoms with van der Waals surface area (Å²) >= 11 is 5.87. The van der Waals surface area contributed by atoms with Crippen molar-refractivity contribution in [3.8, 4) is 0 Å². The molecule has 2 aromatic carbocycles. The Morgan fingerprint density at radius 1 is 1.04 bits per heavy atom. The fourth-order valence-electron chi connectivity index (χ4n) is 2.09. The second kappa shape index (κ2) is 7.93. The molecule has 0 spiro atoms. The lowest BCUT2D eigenvalue weighted by molar-refractivity contribution is -0.116. The number of hydrogen-bond acceptors (Lipinski definition) is 2. The second-order valence-electron chi connectivity index (χ2n) is 5.80. The van der Waals surface area contributed by atoms with Crippen molar-refractivity contribution < 1.29 is 14.0 Å². The lowest BCUT2D eigenvalue weighted by Gasteiger charge is -2.09. The fraction of sp³-hybridized carbons (Fsp3) is 0.222. The first-order chi connectivity index (χ1) is 11.3. The first-order valence-electron chi connectivity index (χ1n) is 7.51. The summed E-state index contributed by atoms with van der Waals surface area (Å²) in [6.07, 6.45) is 0.446. The van der Waals surface area contributed by atoms with E-state index >= 15 is 0 Å². The van der Waals surface area contributed by atoms with E-state index in [4.69, 9.17) is 11.6 Å². The summed E-state index contributed by atoms with van der Waals surface area (Å²) in [6, 6.07) is 10.3. The minimum atomic E-state index is -0.502. The normalized spacial score (nSPS) is 10.5. The molecule has 2 aromatic rings. The van der Waals surface area contributed by atoms with Gasteiger partial charge in [-0.05, 0) is 48.4 Å². The van der Waals surface area contributed by atoms with Crippen LogP contribution in [0.5, 0.6) is 0 Å². The van der Waals surface area contributed by atoms with E-state index in [0.717, 1.165) is 6.07 Å². The molecule has 0 aromatic heterocycles. The van der Waals surface area contributed by atoms with Gasteiger partial charge in [0.05, 0.1) is 10.6 Å². The molecule has 0 aliphatic rings. The number of carbonyl (C=O) groups excluding carboxylic acids is 2. The minimum Gasteiger partial charge on any atom is -0.326 e. The predicted octanol–water partition coefficient (Wildman–Crippen LogP) is 4.72. The molecule has 24 heavy (non-hydrogen) atoms. The number of anilines is 2. The molecule has 2 rings (SSSR count). The van der Waals surface area contributed by atoms with E-state index in [2.05, 4.69) is 10.6 Å². The van der Waals surface area contributed by atoms with E-state index in [1.807, 2.05) is 13.8 Å². The van der Waals surface area contributed by atoms with Crippen molar-refractivity contribution in [2.24, 2.45) is 5.92 Å². The van der Waals surface area contributed by atoms with Crippen molar-refractivity contribution in [1.29, 1.82) is 0 Å². The molecule has 0 unspecified atom stereocenters. The molecular formula is C18H18ClFN2O2. The fourth-order valence-corrected chi connectivity index (χ4v) is 2.34. The van der Waals surface area contributed by atoms with Gasteiger partial charge in [0, 0.05) is 17.8 Å². The Morgan fingerprint density at radius 2 is 1.62 bits per heavy atom. The predicted molar refractivity (Wildman–Crippen MR) is 93.9 cm³/mol. The van der Waals surface area contributed by atoms with Gasteiger partial charge in [0.15, 0.2) is 0 Å². The maximum absolute atomic E-state index is 13.0. The number of halogens is 2. The Labute approximate surface area is 145 Å². The molecule has 6 heteroatoms. The lowest BCUT2D eigenvalue weighted by atomic mass is 10.1. The van der Waals surface area contributed by atoms with E-state index in [0.29, 0.717) is 17.8 Å². The topological polar surface area (TPSA) is 58.2 Å². The number of rotatable bonds is 5. The van der Waals surface area contributed by atoms with Gasteiger partial charge in [-0.25, -0.2) is 4.39 Å². The Kier molecular flexibility index (Phi) is 5.93. The molecule has 0 heterocycles. The molecule has 2 N–H and O–H groups in total. The van der Waals surface area contributed by atoms with Crippen molar-refractivity contribution in [1.82, 2.24) is 0 Å². The summed E-state index contributed by atoms with van der Waals surface area (Å²) in [5, 5.41) is 5.51. The monoisotopic (exact) mass is 348 g/mol. The smallest absolute Gasteiger partial charge is 0.257 e. The zero-order chi connectivity index (χ0) is 17.7. The minimum absolute atomic E-state index is 0.0464. The van der Waals surface area contributed by atoms with Crippen LogP contribution in [0.4, 0.5) is 15.8 Å². The Morgan fingerprint density at radius 3 is 2.17 bits per heavy atom. The van der Waals surface area contributed by atoms with Crippen LogP contribution in [0, 0.1) is 11.7 Å². The molecule has 0 fully saturated rings. The molecule has 0 saturated heterocycles. The zero-order valence-corrected chi connectivity index (χ0v) is 14.2. The van der Waals surface area contributed by atoms with Gasteiger partial charge in [0.25, 0.3) is 5.91 Å². The molecule has 0 aliphatic heterocycles. The highest BCUT2D eigenvalue weighted by atomic mass is 35.5. The maximum atomic E-state index is 13.0. The number of nitrogens with one attached hydrogen (secondary N) is 2. The largest absolute Gasteiger partial charge is 0.326 e. The third kappa shape index (κ3) is 5.06. The van der Waals surface area contributed by atoms with Gasteiger partial charge in [-0.2, -0.15) is 0 Å². The summed E-state index contributed by atoms with van der Waals surface area (Å²) in [7, 11) is 0. The highest BCUT2D eigenvalue weighted by molar-refractivity contribution is 6.34. The van der Waals surface area contributed by atoms with Crippen LogP contribution in [-0.2, 0) is 4.79 Å². The number of carbonyl (C=O) groups is 2. The van der Waals surface area contributed by atoms with Gasteiger partial charge in [0.2, 0.25) is 5.91 Å². The average Bonchev–Trinajstić information content (AvgIpc) is 2.48. The third-order valence-corrected chi connectivity index (χ3v) is 3.51. The number of benzene rings is 2. The van der Waals surface area contributed by atoms with Gasteiger partial charge in [-0.1, -0.05) is 25.4 Å². The summed E-state index contributed by atoms with van der Waals surface area (Å²) < 4.78 is 13.0. The standard InChI is InChI=1S/C18H18ClFN2O2/c1-11(2)9-17(23)21-13-4-6-14(7-5-13)22-18(24)15-8-3-12(20)10-16(15)19/h3-8,10-11H,9H2,1-2H3,(H,21,23)(H,22,24). The highest BCUT2D eigenvalue weighted by Crippen LogP contribution is 2.20. The van der Waals surface area contributed by atoms with Crippen LogP contribution in [0.15, 0.2) is 42.5 Å². The summed E-state index contributed by atoms with van der Waals surface area (Å²) in [6.45, 7) is 3.94. The summed E-state index contributed by atoms with van der Waals surface area (Å²) in [5.74, 6) is -0.710. The summed E-state index contributed by atoms with van der Waals surface area (Å²) in [5.41, 5.74) is 1.38. The molecule has 0 atom stereocenters. The second-order valence-corrected chi connectivity index (χ2v) is 6.21.